The second kappa shape index (κ2) is 8.63. The molecular formula is C21H25ClN4O2. The zero-order chi connectivity index (χ0) is 18.7. The molecule has 0 atom stereocenters. The van der Waals surface area contributed by atoms with E-state index < -0.39 is 0 Å². The number of carbonyl (C=O) groups is 1. The van der Waals surface area contributed by atoms with Gasteiger partial charge in [-0.15, -0.1) is 12.4 Å². The third kappa shape index (κ3) is 4.29. The second-order valence-electron chi connectivity index (χ2n) is 7.38. The van der Waals surface area contributed by atoms with Crippen LogP contribution in [0.2, 0.25) is 0 Å². The van der Waals surface area contributed by atoms with Crippen molar-refractivity contribution in [3.63, 3.8) is 0 Å². The SMILES string of the molecule is CC1(CNC(=O)c2cc(-c3ccco3)nn2-c2ccccc2)CCNCC1.Cl. The lowest BCUT2D eigenvalue weighted by Gasteiger charge is -2.34. The first-order valence-corrected chi connectivity index (χ1v) is 9.33. The number of furan rings is 1. The van der Waals surface area contributed by atoms with Gasteiger partial charge >= 0.3 is 0 Å². The van der Waals surface area contributed by atoms with Crippen LogP contribution in [0.3, 0.4) is 0 Å². The van der Waals surface area contributed by atoms with Gasteiger partial charge in [0.2, 0.25) is 0 Å². The number of hydrogen-bond donors (Lipinski definition) is 2. The molecule has 0 saturated carbocycles. The molecule has 3 aromatic rings. The highest BCUT2D eigenvalue weighted by molar-refractivity contribution is 5.94. The van der Waals surface area contributed by atoms with E-state index in [1.807, 2.05) is 42.5 Å². The first-order chi connectivity index (χ1) is 13.1. The third-order valence-electron chi connectivity index (χ3n) is 5.20. The standard InChI is InChI=1S/C21H24N4O2.ClH/c1-21(9-11-22-12-10-21)15-23-20(26)18-14-17(19-8-5-13-27-19)24-25(18)16-6-3-2-4-7-16;/h2-8,13-14,22H,9-12,15H2,1H3,(H,23,26);1H. The monoisotopic (exact) mass is 400 g/mol. The molecule has 2 N–H and O–H groups in total. The topological polar surface area (TPSA) is 72.1 Å². The highest BCUT2D eigenvalue weighted by Crippen LogP contribution is 2.27. The highest BCUT2D eigenvalue weighted by Gasteiger charge is 2.28. The molecule has 2 aromatic heterocycles. The molecule has 1 fully saturated rings. The van der Waals surface area contributed by atoms with Crippen molar-refractivity contribution in [2.75, 3.05) is 19.6 Å². The molecule has 0 aliphatic carbocycles. The fourth-order valence-corrected chi connectivity index (χ4v) is 3.44. The first-order valence-electron chi connectivity index (χ1n) is 9.33. The van der Waals surface area contributed by atoms with E-state index in [9.17, 15) is 4.79 Å². The van der Waals surface area contributed by atoms with Crippen LogP contribution in [0.5, 0.6) is 0 Å². The number of nitrogens with zero attached hydrogens (tertiary/aromatic N) is 2. The summed E-state index contributed by atoms with van der Waals surface area (Å²) in [7, 11) is 0. The van der Waals surface area contributed by atoms with Gasteiger partial charge in [0.15, 0.2) is 5.76 Å². The Morgan fingerprint density at radius 3 is 2.64 bits per heavy atom. The predicted molar refractivity (Wildman–Crippen MR) is 111 cm³/mol. The number of halogens is 1. The zero-order valence-electron chi connectivity index (χ0n) is 15.9. The Morgan fingerprint density at radius 1 is 1.21 bits per heavy atom. The van der Waals surface area contributed by atoms with Gasteiger partial charge in [-0.25, -0.2) is 4.68 Å². The molecule has 0 radical (unpaired) electrons. The fourth-order valence-electron chi connectivity index (χ4n) is 3.44. The van der Waals surface area contributed by atoms with Crippen molar-refractivity contribution in [2.24, 2.45) is 5.41 Å². The molecule has 1 aliphatic rings. The summed E-state index contributed by atoms with van der Waals surface area (Å²) < 4.78 is 7.14. The van der Waals surface area contributed by atoms with Crippen molar-refractivity contribution < 1.29 is 9.21 Å². The van der Waals surface area contributed by atoms with Gasteiger partial charge in [0.25, 0.3) is 5.91 Å². The molecule has 3 heterocycles. The predicted octanol–water partition coefficient (Wildman–Crippen LogP) is 3.67. The van der Waals surface area contributed by atoms with E-state index in [1.165, 1.54) is 0 Å². The Morgan fingerprint density at radius 2 is 1.96 bits per heavy atom. The van der Waals surface area contributed by atoms with Crippen molar-refractivity contribution in [3.05, 3.63) is 60.5 Å². The number of aromatic nitrogens is 2. The zero-order valence-corrected chi connectivity index (χ0v) is 16.7. The van der Waals surface area contributed by atoms with Gasteiger partial charge in [0.1, 0.15) is 11.4 Å². The van der Waals surface area contributed by atoms with Gasteiger partial charge in [-0.2, -0.15) is 5.10 Å². The number of hydrogen-bond acceptors (Lipinski definition) is 4. The Kier molecular flexibility index (Phi) is 6.21. The van der Waals surface area contributed by atoms with Crippen LogP contribution >= 0.6 is 12.4 Å². The van der Waals surface area contributed by atoms with Crippen LogP contribution in [-0.4, -0.2) is 35.3 Å². The maximum atomic E-state index is 13.0. The molecule has 7 heteroatoms. The van der Waals surface area contributed by atoms with E-state index in [2.05, 4.69) is 22.7 Å². The summed E-state index contributed by atoms with van der Waals surface area (Å²) in [5.41, 5.74) is 2.11. The molecular weight excluding hydrogens is 376 g/mol. The number of rotatable bonds is 5. The van der Waals surface area contributed by atoms with E-state index in [-0.39, 0.29) is 23.7 Å². The van der Waals surface area contributed by atoms with E-state index >= 15 is 0 Å². The minimum absolute atomic E-state index is 0. The van der Waals surface area contributed by atoms with Crippen LogP contribution < -0.4 is 10.6 Å². The average molecular weight is 401 g/mol. The summed E-state index contributed by atoms with van der Waals surface area (Å²) in [6.45, 7) is 4.88. The van der Waals surface area contributed by atoms with Gasteiger partial charge in [-0.1, -0.05) is 25.1 Å². The summed E-state index contributed by atoms with van der Waals surface area (Å²) in [6.07, 6.45) is 3.72. The molecule has 0 spiro atoms. The van der Waals surface area contributed by atoms with Crippen LogP contribution in [0.15, 0.2) is 59.2 Å². The summed E-state index contributed by atoms with van der Waals surface area (Å²) >= 11 is 0. The summed E-state index contributed by atoms with van der Waals surface area (Å²) in [4.78, 5) is 13.0. The van der Waals surface area contributed by atoms with Crippen molar-refractivity contribution in [1.82, 2.24) is 20.4 Å². The highest BCUT2D eigenvalue weighted by atomic mass is 35.5. The maximum absolute atomic E-state index is 13.0. The number of para-hydroxylation sites is 1. The second-order valence-corrected chi connectivity index (χ2v) is 7.38. The number of piperidine rings is 1. The normalized spacial score (nSPS) is 15.6. The van der Waals surface area contributed by atoms with Gasteiger partial charge in [-0.3, -0.25) is 4.79 Å². The molecule has 0 bridgehead atoms. The third-order valence-corrected chi connectivity index (χ3v) is 5.20. The number of amides is 1. The number of carbonyl (C=O) groups excluding carboxylic acids is 1. The van der Waals surface area contributed by atoms with Gasteiger partial charge in [0.05, 0.1) is 12.0 Å². The summed E-state index contributed by atoms with van der Waals surface area (Å²) in [5, 5.41) is 11.1. The Hall–Kier alpha value is -2.57. The summed E-state index contributed by atoms with van der Waals surface area (Å²) in [6, 6.07) is 15.1. The Labute approximate surface area is 170 Å². The van der Waals surface area contributed by atoms with Crippen molar-refractivity contribution in [2.45, 2.75) is 19.8 Å². The first kappa shape index (κ1) is 20.2. The van der Waals surface area contributed by atoms with Crippen LogP contribution in [0, 0.1) is 5.41 Å². The van der Waals surface area contributed by atoms with Crippen LogP contribution in [0.4, 0.5) is 0 Å². The molecule has 1 saturated heterocycles. The lowest BCUT2D eigenvalue weighted by Crippen LogP contribution is -2.43. The van der Waals surface area contributed by atoms with E-state index in [0.717, 1.165) is 31.6 Å². The quantitative estimate of drug-likeness (QED) is 0.685. The van der Waals surface area contributed by atoms with Gasteiger partial charge in [-0.05, 0) is 55.6 Å². The van der Waals surface area contributed by atoms with E-state index in [4.69, 9.17) is 4.42 Å². The minimum atomic E-state index is -0.121. The molecule has 6 nitrogen and oxygen atoms in total. The lowest BCUT2D eigenvalue weighted by molar-refractivity contribution is 0.0914. The van der Waals surface area contributed by atoms with Gasteiger partial charge < -0.3 is 15.1 Å². The molecule has 28 heavy (non-hydrogen) atoms. The Balaban J connectivity index is 0.00000225. The molecule has 1 aromatic carbocycles. The fraction of sp³-hybridized carbons (Fsp3) is 0.333. The molecule has 0 unspecified atom stereocenters. The van der Waals surface area contributed by atoms with Crippen molar-refractivity contribution in [3.8, 4) is 17.1 Å². The van der Waals surface area contributed by atoms with E-state index in [1.54, 1.807) is 17.0 Å². The molecule has 148 valence electrons. The van der Waals surface area contributed by atoms with Crippen molar-refractivity contribution >= 4 is 18.3 Å². The Bertz CT molecular complexity index is 900. The number of benzene rings is 1. The van der Waals surface area contributed by atoms with Crippen molar-refractivity contribution in [1.29, 1.82) is 0 Å². The summed E-state index contributed by atoms with van der Waals surface area (Å²) in [5.74, 6) is 0.521. The minimum Gasteiger partial charge on any atom is -0.463 e. The largest absolute Gasteiger partial charge is 0.463 e. The average Bonchev–Trinajstić information content (AvgIpc) is 3.37. The van der Waals surface area contributed by atoms with Gasteiger partial charge in [0, 0.05) is 12.6 Å². The van der Waals surface area contributed by atoms with Crippen LogP contribution in [0.1, 0.15) is 30.3 Å². The van der Waals surface area contributed by atoms with Crippen LogP contribution in [0.25, 0.3) is 17.1 Å². The smallest absolute Gasteiger partial charge is 0.270 e. The molecule has 4 rings (SSSR count). The van der Waals surface area contributed by atoms with E-state index in [0.29, 0.717) is 23.7 Å². The molecule has 1 aliphatic heterocycles. The number of nitrogens with one attached hydrogen (secondary N) is 2. The molecule has 1 amide bonds. The van der Waals surface area contributed by atoms with Crippen LogP contribution in [-0.2, 0) is 0 Å². The maximum Gasteiger partial charge on any atom is 0.270 e. The lowest BCUT2D eigenvalue weighted by atomic mass is 9.81.